The van der Waals surface area contributed by atoms with E-state index in [4.69, 9.17) is 22.1 Å². The van der Waals surface area contributed by atoms with Crippen LogP contribution in [0.4, 0.5) is 8.78 Å². The summed E-state index contributed by atoms with van der Waals surface area (Å²) in [6.45, 7) is 0. The van der Waals surface area contributed by atoms with Crippen molar-refractivity contribution in [2.45, 2.75) is 0 Å². The van der Waals surface area contributed by atoms with Crippen molar-refractivity contribution in [2.24, 2.45) is 0 Å². The summed E-state index contributed by atoms with van der Waals surface area (Å²) < 4.78 is 25.4. The lowest BCUT2D eigenvalue weighted by Gasteiger charge is -1.99. The summed E-state index contributed by atoms with van der Waals surface area (Å²) in [6.07, 6.45) is 0. The Labute approximate surface area is 77.6 Å². The predicted octanol–water partition coefficient (Wildman–Crippen LogP) is 2.36. The van der Waals surface area contributed by atoms with Gasteiger partial charge in [-0.2, -0.15) is 10.5 Å². The number of halogens is 3. The minimum Gasteiger partial charge on any atom is -0.204 e. The van der Waals surface area contributed by atoms with Crippen molar-refractivity contribution >= 4 is 11.6 Å². The van der Waals surface area contributed by atoms with Gasteiger partial charge in [0.2, 0.25) is 0 Å². The van der Waals surface area contributed by atoms with E-state index < -0.39 is 16.7 Å². The third-order valence-corrected chi connectivity index (χ3v) is 1.75. The third-order valence-electron chi connectivity index (χ3n) is 1.39. The Bertz CT molecular complexity index is 443. The standard InChI is InChI=1S/C8HClF2N2/c9-7-5(3-13)4(2-12)1-6(10)8(7)11/h1H. The molecule has 5 heteroatoms. The van der Waals surface area contributed by atoms with Crippen LogP contribution in [0.5, 0.6) is 0 Å². The molecule has 0 saturated heterocycles. The highest BCUT2D eigenvalue weighted by Gasteiger charge is 2.16. The fourth-order valence-corrected chi connectivity index (χ4v) is 1.03. The van der Waals surface area contributed by atoms with Crippen molar-refractivity contribution < 1.29 is 8.78 Å². The van der Waals surface area contributed by atoms with Crippen molar-refractivity contribution in [3.05, 3.63) is 33.9 Å². The molecule has 0 heterocycles. The molecular weight excluding hydrogens is 198 g/mol. The molecule has 0 amide bonds. The lowest BCUT2D eigenvalue weighted by molar-refractivity contribution is 0.508. The van der Waals surface area contributed by atoms with Gasteiger partial charge in [0.05, 0.1) is 16.1 Å². The summed E-state index contributed by atoms with van der Waals surface area (Å²) in [5.41, 5.74) is -0.616. The molecule has 1 aromatic carbocycles. The lowest BCUT2D eigenvalue weighted by Crippen LogP contribution is -1.93. The van der Waals surface area contributed by atoms with Crippen LogP contribution in [0.3, 0.4) is 0 Å². The molecule has 64 valence electrons. The van der Waals surface area contributed by atoms with Crippen molar-refractivity contribution in [1.29, 1.82) is 10.5 Å². The van der Waals surface area contributed by atoms with Crippen molar-refractivity contribution in [1.82, 2.24) is 0 Å². The van der Waals surface area contributed by atoms with Gasteiger partial charge in [0.25, 0.3) is 0 Å². The second-order valence-corrected chi connectivity index (χ2v) is 2.51. The fourth-order valence-electron chi connectivity index (χ4n) is 0.793. The average molecular weight is 199 g/mol. The van der Waals surface area contributed by atoms with Gasteiger partial charge in [-0.1, -0.05) is 11.6 Å². The predicted molar refractivity (Wildman–Crippen MR) is 40.8 cm³/mol. The van der Waals surface area contributed by atoms with Gasteiger partial charge in [-0.25, -0.2) is 8.78 Å². The number of hydrogen-bond donors (Lipinski definition) is 0. The van der Waals surface area contributed by atoms with Crippen LogP contribution in [0.2, 0.25) is 5.02 Å². The summed E-state index contributed by atoms with van der Waals surface area (Å²) in [6, 6.07) is 3.70. The zero-order valence-corrected chi connectivity index (χ0v) is 6.86. The van der Waals surface area contributed by atoms with E-state index in [1.165, 1.54) is 6.07 Å². The summed E-state index contributed by atoms with van der Waals surface area (Å²) in [7, 11) is 0. The van der Waals surface area contributed by atoms with E-state index in [2.05, 4.69) is 0 Å². The van der Waals surface area contributed by atoms with Crippen LogP contribution in [0.15, 0.2) is 6.07 Å². The van der Waals surface area contributed by atoms with Crippen LogP contribution >= 0.6 is 11.6 Å². The molecule has 0 aliphatic rings. The highest BCUT2D eigenvalue weighted by molar-refractivity contribution is 6.32. The maximum atomic E-state index is 12.7. The molecular formula is C8HClF2N2. The molecule has 0 saturated carbocycles. The molecule has 0 atom stereocenters. The molecule has 13 heavy (non-hydrogen) atoms. The van der Waals surface area contributed by atoms with Crippen LogP contribution in [0.25, 0.3) is 0 Å². The Hall–Kier alpha value is -1.65. The minimum atomic E-state index is -1.31. The maximum Gasteiger partial charge on any atom is 0.178 e. The second kappa shape index (κ2) is 3.38. The molecule has 0 bridgehead atoms. The molecule has 0 unspecified atom stereocenters. The highest BCUT2D eigenvalue weighted by Crippen LogP contribution is 2.24. The van der Waals surface area contributed by atoms with Crippen molar-refractivity contribution in [3.8, 4) is 12.1 Å². The number of hydrogen-bond acceptors (Lipinski definition) is 2. The zero-order chi connectivity index (χ0) is 10.0. The maximum absolute atomic E-state index is 12.7. The summed E-state index contributed by atoms with van der Waals surface area (Å²) in [4.78, 5) is 0. The quantitative estimate of drug-likeness (QED) is 0.601. The molecule has 0 N–H and O–H groups in total. The minimum absolute atomic E-state index is 0.272. The number of rotatable bonds is 0. The topological polar surface area (TPSA) is 47.6 Å². The molecule has 0 aliphatic carbocycles. The van der Waals surface area contributed by atoms with E-state index in [-0.39, 0.29) is 11.1 Å². The van der Waals surface area contributed by atoms with E-state index in [0.717, 1.165) is 0 Å². The Balaban J connectivity index is 3.63. The van der Waals surface area contributed by atoms with Gasteiger partial charge < -0.3 is 0 Å². The number of benzene rings is 1. The Morgan fingerprint density at radius 2 is 1.85 bits per heavy atom. The van der Waals surface area contributed by atoms with Gasteiger partial charge in [-0.15, -0.1) is 0 Å². The van der Waals surface area contributed by atoms with Crippen LogP contribution in [-0.4, -0.2) is 0 Å². The Kier molecular flexibility index (Phi) is 2.46. The average Bonchev–Trinajstić information content (AvgIpc) is 2.13. The monoisotopic (exact) mass is 198 g/mol. The van der Waals surface area contributed by atoms with Gasteiger partial charge >= 0.3 is 0 Å². The SMILES string of the molecule is N#Cc1cc(F)c(F)c(Cl)c1C#N. The van der Waals surface area contributed by atoms with Gasteiger partial charge in [-0.3, -0.25) is 0 Å². The molecule has 0 fully saturated rings. The summed E-state index contributed by atoms with van der Waals surface area (Å²) >= 11 is 5.29. The Morgan fingerprint density at radius 1 is 1.23 bits per heavy atom. The van der Waals surface area contributed by atoms with Gasteiger partial charge in [0.15, 0.2) is 11.6 Å². The van der Waals surface area contributed by atoms with E-state index in [9.17, 15) is 8.78 Å². The number of nitriles is 2. The van der Waals surface area contributed by atoms with Crippen LogP contribution in [0.1, 0.15) is 11.1 Å². The summed E-state index contributed by atoms with van der Waals surface area (Å²) in [5, 5.41) is 16.3. The molecule has 0 spiro atoms. The first-order valence-electron chi connectivity index (χ1n) is 3.09. The first kappa shape index (κ1) is 9.44. The molecule has 1 aromatic rings. The van der Waals surface area contributed by atoms with E-state index in [0.29, 0.717) is 6.07 Å². The summed E-state index contributed by atoms with van der Waals surface area (Å²) in [5.74, 6) is -2.54. The fraction of sp³-hybridized carbons (Fsp3) is 0. The van der Waals surface area contributed by atoms with Crippen molar-refractivity contribution in [3.63, 3.8) is 0 Å². The zero-order valence-electron chi connectivity index (χ0n) is 6.11. The van der Waals surface area contributed by atoms with Crippen LogP contribution in [-0.2, 0) is 0 Å². The van der Waals surface area contributed by atoms with Crippen LogP contribution < -0.4 is 0 Å². The highest BCUT2D eigenvalue weighted by atomic mass is 35.5. The lowest BCUT2D eigenvalue weighted by atomic mass is 10.1. The first-order valence-corrected chi connectivity index (χ1v) is 3.47. The van der Waals surface area contributed by atoms with Crippen molar-refractivity contribution in [2.75, 3.05) is 0 Å². The largest absolute Gasteiger partial charge is 0.204 e. The molecule has 0 aromatic heterocycles. The van der Waals surface area contributed by atoms with Gasteiger partial charge in [0, 0.05) is 0 Å². The normalized spacial score (nSPS) is 9.00. The molecule has 0 aliphatic heterocycles. The second-order valence-electron chi connectivity index (χ2n) is 2.13. The van der Waals surface area contributed by atoms with Crippen LogP contribution in [0, 0.1) is 34.3 Å². The van der Waals surface area contributed by atoms with Gasteiger partial charge in [0.1, 0.15) is 12.1 Å². The number of nitrogens with zero attached hydrogens (tertiary/aromatic N) is 2. The Morgan fingerprint density at radius 3 is 2.31 bits per heavy atom. The molecule has 2 nitrogen and oxygen atoms in total. The van der Waals surface area contributed by atoms with Gasteiger partial charge in [-0.05, 0) is 6.07 Å². The molecule has 0 radical (unpaired) electrons. The smallest absolute Gasteiger partial charge is 0.178 e. The van der Waals surface area contributed by atoms with E-state index >= 15 is 0 Å². The molecule has 1 rings (SSSR count). The van der Waals surface area contributed by atoms with E-state index in [1.807, 2.05) is 0 Å². The third kappa shape index (κ3) is 1.44. The first-order chi connectivity index (χ1) is 6.11. The van der Waals surface area contributed by atoms with E-state index in [1.54, 1.807) is 6.07 Å².